The number of aliphatic imine (C=N–C) groups is 1. The smallest absolute Gasteiger partial charge is 0.195 e. The molecule has 7 nitrogen and oxygen atoms in total. The summed E-state index contributed by atoms with van der Waals surface area (Å²) in [6.07, 6.45) is 0.108. The first-order valence-corrected chi connectivity index (χ1v) is 9.75. The van der Waals surface area contributed by atoms with Gasteiger partial charge in [-0.15, -0.1) is 24.0 Å². The van der Waals surface area contributed by atoms with Crippen molar-refractivity contribution < 1.29 is 19.3 Å². The van der Waals surface area contributed by atoms with Crippen LogP contribution >= 0.6 is 24.0 Å². The first kappa shape index (κ1) is 26.0. The van der Waals surface area contributed by atoms with Gasteiger partial charge in [-0.1, -0.05) is 18.2 Å². The normalized spacial score (nSPS) is 11.9. The topological polar surface area (TPSA) is 84.3 Å². The van der Waals surface area contributed by atoms with Crippen molar-refractivity contribution in [2.45, 2.75) is 19.4 Å². The summed E-state index contributed by atoms with van der Waals surface area (Å²) < 4.78 is 16.0. The molecule has 0 aliphatic carbocycles. The van der Waals surface area contributed by atoms with Crippen LogP contribution in [-0.4, -0.2) is 51.6 Å². The van der Waals surface area contributed by atoms with E-state index in [4.69, 9.17) is 14.2 Å². The van der Waals surface area contributed by atoms with Crippen LogP contribution in [-0.2, 0) is 4.74 Å². The summed E-state index contributed by atoms with van der Waals surface area (Å²) in [7, 11) is 3.28. The fourth-order valence-corrected chi connectivity index (χ4v) is 2.63. The third kappa shape index (κ3) is 9.19. The first-order valence-electron chi connectivity index (χ1n) is 9.75. The molecule has 0 fully saturated rings. The van der Waals surface area contributed by atoms with E-state index >= 15 is 0 Å². The molecular weight excluding hydrogens is 497 g/mol. The fourth-order valence-electron chi connectivity index (χ4n) is 2.63. The molecule has 3 N–H and O–H groups in total. The Morgan fingerprint density at radius 1 is 1.07 bits per heavy atom. The molecule has 0 aliphatic heterocycles. The lowest BCUT2D eigenvalue weighted by Gasteiger charge is -2.14. The van der Waals surface area contributed by atoms with Gasteiger partial charge in [0.1, 0.15) is 11.5 Å². The highest BCUT2D eigenvalue weighted by Gasteiger charge is 2.09. The molecule has 0 aromatic heterocycles. The number of aliphatic hydroxyl groups excluding tert-OH is 1. The van der Waals surface area contributed by atoms with Crippen molar-refractivity contribution >= 4 is 35.6 Å². The maximum atomic E-state index is 10.5. The number of halogens is 1. The van der Waals surface area contributed by atoms with E-state index in [2.05, 4.69) is 15.6 Å². The van der Waals surface area contributed by atoms with Crippen LogP contribution in [0.25, 0.3) is 0 Å². The number of anilines is 1. The number of nitrogens with zero attached hydrogens (tertiary/aromatic N) is 1. The molecule has 2 aromatic carbocycles. The van der Waals surface area contributed by atoms with E-state index in [1.807, 2.05) is 55.5 Å². The molecule has 2 rings (SSSR count). The van der Waals surface area contributed by atoms with E-state index in [1.54, 1.807) is 14.2 Å². The summed E-state index contributed by atoms with van der Waals surface area (Å²) in [5.74, 6) is 2.07. The van der Waals surface area contributed by atoms with Crippen LogP contribution < -0.4 is 20.1 Å². The summed E-state index contributed by atoms with van der Waals surface area (Å²) in [5, 5.41) is 16.9. The van der Waals surface area contributed by atoms with Crippen molar-refractivity contribution in [3.05, 3.63) is 54.1 Å². The monoisotopic (exact) mass is 529 g/mol. The lowest BCUT2D eigenvalue weighted by molar-refractivity contribution is 0.172. The van der Waals surface area contributed by atoms with Crippen LogP contribution in [0.15, 0.2) is 53.5 Å². The third-order valence-electron chi connectivity index (χ3n) is 4.10. The summed E-state index contributed by atoms with van der Waals surface area (Å²) >= 11 is 0. The van der Waals surface area contributed by atoms with Crippen LogP contribution in [0.1, 0.15) is 25.0 Å². The number of hydrogen-bond acceptors (Lipinski definition) is 5. The van der Waals surface area contributed by atoms with Crippen LogP contribution in [0.3, 0.4) is 0 Å². The van der Waals surface area contributed by atoms with Gasteiger partial charge in [0.05, 0.1) is 26.4 Å². The number of aliphatic hydroxyl groups is 1. The average Bonchev–Trinajstić information content (AvgIpc) is 2.75. The highest BCUT2D eigenvalue weighted by Crippen LogP contribution is 2.20. The van der Waals surface area contributed by atoms with Crippen LogP contribution in [0, 0.1) is 0 Å². The Labute approximate surface area is 195 Å². The number of methoxy groups -OCH3 is 2. The second-order valence-corrected chi connectivity index (χ2v) is 6.36. The SMILES string of the molecule is CCNC(=NCC(O)c1cccc(OC)c1)Nc1cccc(OCCCOC)c1.I. The number of rotatable bonds is 11. The molecular formula is C22H32IN3O4. The van der Waals surface area contributed by atoms with Crippen molar-refractivity contribution in [1.82, 2.24) is 5.32 Å². The molecule has 2 aromatic rings. The Hall–Kier alpha value is -2.04. The standard InChI is InChI=1S/C22H31N3O4.HI/c1-4-23-22(24-16-21(26)17-8-5-10-19(14-17)28-3)25-18-9-6-11-20(15-18)29-13-7-12-27-2;/h5-6,8-11,14-15,21,26H,4,7,12-13,16H2,1-3H3,(H2,23,24,25);1H. The van der Waals surface area contributed by atoms with Crippen LogP contribution in [0.5, 0.6) is 11.5 Å². The van der Waals surface area contributed by atoms with Gasteiger partial charge in [-0.2, -0.15) is 0 Å². The molecule has 0 saturated heterocycles. The summed E-state index contributed by atoms with van der Waals surface area (Å²) in [6, 6.07) is 15.0. The largest absolute Gasteiger partial charge is 0.497 e. The Bertz CT molecular complexity index is 774. The summed E-state index contributed by atoms with van der Waals surface area (Å²) in [4.78, 5) is 4.50. The molecule has 166 valence electrons. The predicted molar refractivity (Wildman–Crippen MR) is 131 cm³/mol. The molecule has 0 spiro atoms. The first-order chi connectivity index (χ1) is 14.2. The highest BCUT2D eigenvalue weighted by atomic mass is 127. The van der Waals surface area contributed by atoms with E-state index in [0.29, 0.717) is 31.5 Å². The molecule has 0 radical (unpaired) electrons. The maximum absolute atomic E-state index is 10.5. The lowest BCUT2D eigenvalue weighted by Crippen LogP contribution is -2.31. The van der Waals surface area contributed by atoms with Gasteiger partial charge in [0.15, 0.2) is 5.96 Å². The molecule has 0 saturated carbocycles. The van der Waals surface area contributed by atoms with Gasteiger partial charge in [0.2, 0.25) is 0 Å². The van der Waals surface area contributed by atoms with E-state index in [1.165, 1.54) is 0 Å². The summed E-state index contributed by atoms with van der Waals surface area (Å²) in [5.41, 5.74) is 1.61. The summed E-state index contributed by atoms with van der Waals surface area (Å²) in [6.45, 7) is 4.18. The second-order valence-electron chi connectivity index (χ2n) is 6.36. The van der Waals surface area contributed by atoms with E-state index < -0.39 is 6.10 Å². The van der Waals surface area contributed by atoms with Gasteiger partial charge in [-0.25, -0.2) is 4.99 Å². The molecule has 8 heteroatoms. The van der Waals surface area contributed by atoms with E-state index in [-0.39, 0.29) is 30.5 Å². The lowest BCUT2D eigenvalue weighted by atomic mass is 10.1. The highest BCUT2D eigenvalue weighted by molar-refractivity contribution is 14.0. The van der Waals surface area contributed by atoms with Gasteiger partial charge in [0, 0.05) is 38.4 Å². The van der Waals surface area contributed by atoms with Gasteiger partial charge < -0.3 is 30.0 Å². The zero-order valence-electron chi connectivity index (χ0n) is 17.8. The van der Waals surface area contributed by atoms with Crippen molar-refractivity contribution in [1.29, 1.82) is 0 Å². The van der Waals surface area contributed by atoms with Crippen molar-refractivity contribution in [3.63, 3.8) is 0 Å². The molecule has 0 amide bonds. The molecule has 1 atom stereocenters. The maximum Gasteiger partial charge on any atom is 0.195 e. The number of guanidine groups is 1. The van der Waals surface area contributed by atoms with Gasteiger partial charge >= 0.3 is 0 Å². The Balaban J connectivity index is 0.00000450. The number of benzene rings is 2. The van der Waals surface area contributed by atoms with Crippen molar-refractivity contribution in [3.8, 4) is 11.5 Å². The molecule has 1 unspecified atom stereocenters. The van der Waals surface area contributed by atoms with Gasteiger partial charge in [-0.05, 0) is 36.8 Å². The minimum absolute atomic E-state index is 0. The third-order valence-corrected chi connectivity index (χ3v) is 4.10. The average molecular weight is 529 g/mol. The second kappa shape index (κ2) is 14.9. The zero-order valence-corrected chi connectivity index (χ0v) is 20.1. The minimum Gasteiger partial charge on any atom is -0.497 e. The van der Waals surface area contributed by atoms with Crippen molar-refractivity contribution in [2.24, 2.45) is 4.99 Å². The van der Waals surface area contributed by atoms with Crippen molar-refractivity contribution in [2.75, 3.05) is 45.8 Å². The van der Waals surface area contributed by atoms with E-state index in [9.17, 15) is 5.11 Å². The fraction of sp³-hybridized carbons (Fsp3) is 0.409. The van der Waals surface area contributed by atoms with Crippen LogP contribution in [0.2, 0.25) is 0 Å². The zero-order chi connectivity index (χ0) is 20.9. The molecule has 0 aliphatic rings. The van der Waals surface area contributed by atoms with E-state index in [0.717, 1.165) is 23.4 Å². The number of ether oxygens (including phenoxy) is 3. The van der Waals surface area contributed by atoms with Gasteiger partial charge in [-0.3, -0.25) is 0 Å². The molecule has 0 heterocycles. The minimum atomic E-state index is -0.726. The Morgan fingerprint density at radius 3 is 2.57 bits per heavy atom. The van der Waals surface area contributed by atoms with Gasteiger partial charge in [0.25, 0.3) is 0 Å². The number of hydrogen-bond donors (Lipinski definition) is 3. The number of nitrogens with one attached hydrogen (secondary N) is 2. The Morgan fingerprint density at radius 2 is 1.83 bits per heavy atom. The van der Waals surface area contributed by atoms with Crippen LogP contribution in [0.4, 0.5) is 5.69 Å². The predicted octanol–water partition coefficient (Wildman–Crippen LogP) is 3.84. The molecule has 30 heavy (non-hydrogen) atoms. The Kier molecular flexibility index (Phi) is 12.9. The molecule has 0 bridgehead atoms. The quantitative estimate of drug-likeness (QED) is 0.178.